The van der Waals surface area contributed by atoms with Crippen molar-refractivity contribution in [2.24, 2.45) is 0 Å². The van der Waals surface area contributed by atoms with Crippen LogP contribution in [0, 0.1) is 0 Å². The molecule has 0 aliphatic carbocycles. The second-order valence-corrected chi connectivity index (χ2v) is 7.34. The topological polar surface area (TPSA) is 27.3 Å². The van der Waals surface area contributed by atoms with Gasteiger partial charge in [-0.3, -0.25) is 0 Å². The van der Waals surface area contributed by atoms with Gasteiger partial charge in [-0.25, -0.2) is 0 Å². The van der Waals surface area contributed by atoms with Crippen LogP contribution in [-0.4, -0.2) is 51.5 Å². The molecule has 2 saturated heterocycles. The zero-order valence-electron chi connectivity index (χ0n) is 14.8. The first kappa shape index (κ1) is 16.7. The van der Waals surface area contributed by atoms with Gasteiger partial charge in [0.25, 0.3) is 0 Å². The van der Waals surface area contributed by atoms with Gasteiger partial charge in [-0.1, -0.05) is 12.1 Å². The van der Waals surface area contributed by atoms with E-state index in [1.807, 2.05) is 6.07 Å². The van der Waals surface area contributed by atoms with Crippen molar-refractivity contribution < 1.29 is 19.3 Å². The number of morpholine rings is 1. The summed E-state index contributed by atoms with van der Waals surface area (Å²) in [5.41, 5.74) is 1.34. The Balaban J connectivity index is 1.52. The number of hydrogen-bond donors (Lipinski definition) is 2. The fraction of sp³-hybridized carbons (Fsp3) is 0.684. The fourth-order valence-corrected chi connectivity index (χ4v) is 4.38. The molecule has 3 rings (SSSR count). The van der Waals surface area contributed by atoms with Crippen molar-refractivity contribution in [3.63, 3.8) is 0 Å². The third-order valence-electron chi connectivity index (χ3n) is 5.47. The summed E-state index contributed by atoms with van der Waals surface area (Å²) in [5.74, 6) is 1.03. The summed E-state index contributed by atoms with van der Waals surface area (Å²) in [7, 11) is 1.77. The Morgan fingerprint density at radius 1 is 1.09 bits per heavy atom. The number of quaternary nitrogens is 2. The average Bonchev–Trinajstić information content (AvgIpc) is 2.55. The Kier molecular flexibility index (Phi) is 5.57. The van der Waals surface area contributed by atoms with Gasteiger partial charge in [0.2, 0.25) is 0 Å². The second kappa shape index (κ2) is 7.65. The zero-order chi connectivity index (χ0) is 16.2. The smallest absolute Gasteiger partial charge is 0.127 e. The van der Waals surface area contributed by atoms with Gasteiger partial charge in [-0.2, -0.15) is 0 Å². The van der Waals surface area contributed by atoms with Crippen molar-refractivity contribution >= 4 is 0 Å². The first-order valence-electron chi connectivity index (χ1n) is 9.11. The molecule has 1 aromatic carbocycles. The van der Waals surface area contributed by atoms with Crippen LogP contribution in [0.5, 0.6) is 5.75 Å². The van der Waals surface area contributed by atoms with E-state index in [1.165, 1.54) is 44.6 Å². The van der Waals surface area contributed by atoms with Gasteiger partial charge >= 0.3 is 0 Å². The van der Waals surface area contributed by atoms with Gasteiger partial charge in [0, 0.05) is 18.4 Å². The van der Waals surface area contributed by atoms with Gasteiger partial charge in [0.15, 0.2) is 0 Å². The lowest BCUT2D eigenvalue weighted by Crippen LogP contribution is -3.22. The minimum atomic E-state index is 0.410. The van der Waals surface area contributed by atoms with Crippen LogP contribution in [0.4, 0.5) is 0 Å². The summed E-state index contributed by atoms with van der Waals surface area (Å²) < 4.78 is 11.4. The Bertz CT molecular complexity index is 490. The average molecular weight is 320 g/mol. The lowest BCUT2D eigenvalue weighted by Gasteiger charge is -2.39. The first-order valence-corrected chi connectivity index (χ1v) is 9.11. The van der Waals surface area contributed by atoms with E-state index in [0.29, 0.717) is 12.2 Å². The Hall–Kier alpha value is -1.10. The van der Waals surface area contributed by atoms with Gasteiger partial charge in [-0.15, -0.1) is 0 Å². The summed E-state index contributed by atoms with van der Waals surface area (Å²) in [5, 5.41) is 0. The molecule has 0 amide bonds. The lowest BCUT2D eigenvalue weighted by molar-refractivity contribution is -0.970. The standard InChI is InChI=1S/C19H30N2O2/c1-15-12-21(13-16(2)23-15)18-8-10-20(11-9-18)14-17-6-4-5-7-19(17)22-3/h4-7,15-16,18H,8-14H2,1-3H3/p+2/t15-,16-/m0/s1. The molecule has 2 fully saturated rings. The number of piperidine rings is 1. The largest absolute Gasteiger partial charge is 0.496 e. The molecular formula is C19H32N2O2+2. The van der Waals surface area contributed by atoms with Crippen LogP contribution in [0.1, 0.15) is 32.3 Å². The number of rotatable bonds is 4. The van der Waals surface area contributed by atoms with Crippen molar-refractivity contribution in [3.05, 3.63) is 29.8 Å². The predicted octanol–water partition coefficient (Wildman–Crippen LogP) is -0.0654. The fourth-order valence-electron chi connectivity index (χ4n) is 4.38. The summed E-state index contributed by atoms with van der Waals surface area (Å²) in [6.07, 6.45) is 3.49. The number of para-hydroxylation sites is 1. The SMILES string of the molecule is COc1ccccc1C[NH+]1CCC([NH+]2C[C@H](C)O[C@@H](C)C2)CC1. The van der Waals surface area contributed by atoms with Crippen molar-refractivity contribution in [2.45, 2.75) is 51.5 Å². The molecule has 0 saturated carbocycles. The van der Waals surface area contributed by atoms with Crippen LogP contribution in [-0.2, 0) is 11.3 Å². The predicted molar refractivity (Wildman–Crippen MR) is 91.1 cm³/mol. The number of benzene rings is 1. The van der Waals surface area contributed by atoms with Crippen molar-refractivity contribution in [1.82, 2.24) is 0 Å². The molecule has 0 unspecified atom stereocenters. The molecule has 128 valence electrons. The molecule has 2 aliphatic heterocycles. The molecule has 0 spiro atoms. The number of ether oxygens (including phenoxy) is 2. The molecule has 2 N–H and O–H groups in total. The van der Waals surface area contributed by atoms with E-state index in [-0.39, 0.29) is 0 Å². The van der Waals surface area contributed by atoms with Gasteiger partial charge in [0.1, 0.15) is 37.6 Å². The van der Waals surface area contributed by atoms with E-state index in [2.05, 4.69) is 32.0 Å². The van der Waals surface area contributed by atoms with Gasteiger partial charge in [0.05, 0.1) is 26.2 Å². The normalized spacial score (nSPS) is 35.0. The highest BCUT2D eigenvalue weighted by Gasteiger charge is 2.35. The van der Waals surface area contributed by atoms with Crippen LogP contribution in [0.25, 0.3) is 0 Å². The number of likely N-dealkylation sites (tertiary alicyclic amines) is 1. The summed E-state index contributed by atoms with van der Waals surface area (Å²) in [6, 6.07) is 9.26. The first-order chi connectivity index (χ1) is 11.2. The molecule has 0 radical (unpaired) electrons. The Morgan fingerprint density at radius 2 is 1.74 bits per heavy atom. The number of methoxy groups -OCH3 is 1. The highest BCUT2D eigenvalue weighted by Crippen LogP contribution is 2.16. The van der Waals surface area contributed by atoms with E-state index < -0.39 is 0 Å². The molecular weight excluding hydrogens is 288 g/mol. The quantitative estimate of drug-likeness (QED) is 0.813. The van der Waals surface area contributed by atoms with E-state index in [4.69, 9.17) is 9.47 Å². The summed E-state index contributed by atoms with van der Waals surface area (Å²) in [4.78, 5) is 3.46. The van der Waals surface area contributed by atoms with Gasteiger partial charge in [-0.05, 0) is 26.0 Å². The van der Waals surface area contributed by atoms with Crippen LogP contribution in [0.15, 0.2) is 24.3 Å². The monoisotopic (exact) mass is 320 g/mol. The van der Waals surface area contributed by atoms with Crippen LogP contribution in [0.3, 0.4) is 0 Å². The van der Waals surface area contributed by atoms with Crippen molar-refractivity contribution in [1.29, 1.82) is 0 Å². The van der Waals surface area contributed by atoms with Gasteiger partial charge < -0.3 is 19.3 Å². The summed E-state index contributed by atoms with van der Waals surface area (Å²) >= 11 is 0. The van der Waals surface area contributed by atoms with Crippen molar-refractivity contribution in [2.75, 3.05) is 33.3 Å². The lowest BCUT2D eigenvalue weighted by atomic mass is 10.0. The van der Waals surface area contributed by atoms with E-state index in [1.54, 1.807) is 16.9 Å². The molecule has 2 atom stereocenters. The van der Waals surface area contributed by atoms with E-state index in [0.717, 1.165) is 18.3 Å². The van der Waals surface area contributed by atoms with Crippen LogP contribution in [0.2, 0.25) is 0 Å². The van der Waals surface area contributed by atoms with E-state index in [9.17, 15) is 0 Å². The third kappa shape index (κ3) is 4.25. The molecule has 4 nitrogen and oxygen atoms in total. The number of hydrogen-bond acceptors (Lipinski definition) is 2. The minimum absolute atomic E-state index is 0.410. The Morgan fingerprint density at radius 3 is 2.39 bits per heavy atom. The summed E-state index contributed by atoms with van der Waals surface area (Å²) in [6.45, 7) is 10.4. The maximum atomic E-state index is 5.89. The maximum absolute atomic E-state index is 5.89. The molecule has 1 aromatic rings. The molecule has 4 heteroatoms. The molecule has 23 heavy (non-hydrogen) atoms. The Labute approximate surface area is 140 Å². The minimum Gasteiger partial charge on any atom is -0.496 e. The second-order valence-electron chi connectivity index (χ2n) is 7.34. The molecule has 0 aromatic heterocycles. The van der Waals surface area contributed by atoms with Crippen molar-refractivity contribution in [3.8, 4) is 5.75 Å². The van der Waals surface area contributed by atoms with E-state index >= 15 is 0 Å². The van der Waals surface area contributed by atoms with Crippen LogP contribution >= 0.6 is 0 Å². The van der Waals surface area contributed by atoms with Crippen LogP contribution < -0.4 is 14.5 Å². The zero-order valence-corrected chi connectivity index (χ0v) is 14.8. The molecule has 0 bridgehead atoms. The highest BCUT2D eigenvalue weighted by atomic mass is 16.5. The number of nitrogens with one attached hydrogen (secondary N) is 2. The highest BCUT2D eigenvalue weighted by molar-refractivity contribution is 5.32. The molecule has 2 aliphatic rings. The maximum Gasteiger partial charge on any atom is 0.127 e. The third-order valence-corrected chi connectivity index (χ3v) is 5.47. The molecule has 2 heterocycles.